The van der Waals surface area contributed by atoms with Gasteiger partial charge in [-0.05, 0) is 55.9 Å². The summed E-state index contributed by atoms with van der Waals surface area (Å²) in [5, 5.41) is 4.87. The van der Waals surface area contributed by atoms with Gasteiger partial charge in [-0.15, -0.1) is 0 Å². The summed E-state index contributed by atoms with van der Waals surface area (Å²) in [5.41, 5.74) is 7.63. The van der Waals surface area contributed by atoms with Crippen molar-refractivity contribution in [3.05, 3.63) is 93.4 Å². The summed E-state index contributed by atoms with van der Waals surface area (Å²) in [6, 6.07) is 18.1. The van der Waals surface area contributed by atoms with Crippen LogP contribution in [0.15, 0.2) is 65.5 Å². The van der Waals surface area contributed by atoms with E-state index in [9.17, 15) is 4.79 Å². The Kier molecular flexibility index (Phi) is 5.63. The molecule has 0 bridgehead atoms. The van der Waals surface area contributed by atoms with Crippen LogP contribution in [0.4, 0.5) is 0 Å². The quantitative estimate of drug-likeness (QED) is 0.408. The maximum atomic E-state index is 13.8. The van der Waals surface area contributed by atoms with Crippen molar-refractivity contribution in [2.75, 3.05) is 7.11 Å². The monoisotopic (exact) mass is 439 g/mol. The number of allylic oxidation sites excluding steroid dienone is 2. The van der Waals surface area contributed by atoms with Gasteiger partial charge in [-0.2, -0.15) is 9.61 Å². The van der Waals surface area contributed by atoms with E-state index in [-0.39, 0.29) is 11.5 Å². The van der Waals surface area contributed by atoms with Gasteiger partial charge < -0.3 is 9.72 Å². The molecule has 2 aromatic heterocycles. The first-order valence-electron chi connectivity index (χ1n) is 11.6. The molecule has 0 saturated carbocycles. The lowest BCUT2D eigenvalue weighted by atomic mass is 9.91. The van der Waals surface area contributed by atoms with Crippen LogP contribution in [-0.2, 0) is 0 Å². The Balaban J connectivity index is 1.72. The third-order valence-electron chi connectivity index (χ3n) is 6.73. The van der Waals surface area contributed by atoms with Gasteiger partial charge in [0, 0.05) is 28.3 Å². The zero-order valence-corrected chi connectivity index (χ0v) is 19.4. The smallest absolute Gasteiger partial charge is 0.278 e. The summed E-state index contributed by atoms with van der Waals surface area (Å²) >= 11 is 0. The van der Waals surface area contributed by atoms with Crippen LogP contribution in [-0.4, -0.2) is 21.7 Å². The van der Waals surface area contributed by atoms with Crippen LogP contribution < -0.4 is 10.3 Å². The van der Waals surface area contributed by atoms with E-state index >= 15 is 0 Å². The third kappa shape index (κ3) is 3.78. The Labute approximate surface area is 193 Å². The summed E-state index contributed by atoms with van der Waals surface area (Å²) in [5.74, 6) is 0.725. The molecular formula is C28H29N3O2. The van der Waals surface area contributed by atoms with Gasteiger partial charge in [0.15, 0.2) is 0 Å². The summed E-state index contributed by atoms with van der Waals surface area (Å²) < 4.78 is 6.87. The van der Waals surface area contributed by atoms with Crippen molar-refractivity contribution < 1.29 is 4.74 Å². The minimum Gasteiger partial charge on any atom is -0.497 e. The number of benzene rings is 2. The van der Waals surface area contributed by atoms with Gasteiger partial charge in [0.1, 0.15) is 17.1 Å². The molecule has 1 aliphatic rings. The topological polar surface area (TPSA) is 59.4 Å². The van der Waals surface area contributed by atoms with E-state index in [4.69, 9.17) is 9.84 Å². The van der Waals surface area contributed by atoms with Crippen molar-refractivity contribution in [3.63, 3.8) is 0 Å². The number of nitrogens with one attached hydrogen (secondary N) is 1. The van der Waals surface area contributed by atoms with Crippen LogP contribution >= 0.6 is 0 Å². The number of hydrogen-bond donors (Lipinski definition) is 1. The number of hydrogen-bond acceptors (Lipinski definition) is 3. The standard InChI is InChI=1S/C28H29N3O2/c1-18(20-14-16-23(33-3)17-15-20)24-19(2)29-27-25(21-10-6-4-7-11-21)26(30-31(27)28(24)32)22-12-8-5-9-13-22/h5,8-10,12-18,29H,4,6-7,11H2,1-3H3/t18-/m1/s1. The number of H-pyrrole nitrogens is 1. The third-order valence-corrected chi connectivity index (χ3v) is 6.73. The summed E-state index contributed by atoms with van der Waals surface area (Å²) in [4.78, 5) is 17.4. The lowest BCUT2D eigenvalue weighted by Crippen LogP contribution is -2.24. The molecule has 0 spiro atoms. The van der Waals surface area contributed by atoms with E-state index in [2.05, 4.69) is 30.1 Å². The maximum absolute atomic E-state index is 13.8. The van der Waals surface area contributed by atoms with Crippen molar-refractivity contribution in [2.24, 2.45) is 0 Å². The van der Waals surface area contributed by atoms with Gasteiger partial charge in [-0.25, -0.2) is 0 Å². The van der Waals surface area contributed by atoms with Crippen LogP contribution in [0, 0.1) is 6.92 Å². The number of fused-ring (bicyclic) bond motifs is 1. The summed E-state index contributed by atoms with van der Waals surface area (Å²) in [6.07, 6.45) is 6.76. The normalized spacial score (nSPS) is 14.8. The molecule has 2 aromatic carbocycles. The summed E-state index contributed by atoms with van der Waals surface area (Å²) in [6.45, 7) is 4.06. The predicted molar refractivity (Wildman–Crippen MR) is 133 cm³/mol. The van der Waals surface area contributed by atoms with Gasteiger partial charge in [0.2, 0.25) is 0 Å². The molecule has 33 heavy (non-hydrogen) atoms. The van der Waals surface area contributed by atoms with E-state index in [1.807, 2.05) is 49.4 Å². The molecule has 4 aromatic rings. The number of aromatic nitrogens is 3. The van der Waals surface area contributed by atoms with Crippen LogP contribution in [0.1, 0.15) is 60.9 Å². The highest BCUT2D eigenvalue weighted by Crippen LogP contribution is 2.36. The Morgan fingerprint density at radius 3 is 2.48 bits per heavy atom. The van der Waals surface area contributed by atoms with Crippen LogP contribution in [0.2, 0.25) is 0 Å². The molecule has 1 atom stereocenters. The van der Waals surface area contributed by atoms with Crippen molar-refractivity contribution in [1.29, 1.82) is 0 Å². The van der Waals surface area contributed by atoms with Crippen LogP contribution in [0.25, 0.3) is 22.5 Å². The largest absolute Gasteiger partial charge is 0.497 e. The zero-order valence-electron chi connectivity index (χ0n) is 19.4. The molecule has 0 saturated heterocycles. The van der Waals surface area contributed by atoms with Crippen molar-refractivity contribution in [3.8, 4) is 17.0 Å². The highest BCUT2D eigenvalue weighted by Gasteiger charge is 2.25. The van der Waals surface area contributed by atoms with Gasteiger partial charge in [-0.1, -0.05) is 55.5 Å². The van der Waals surface area contributed by atoms with Crippen molar-refractivity contribution >= 4 is 11.2 Å². The van der Waals surface area contributed by atoms with Gasteiger partial charge in [-0.3, -0.25) is 4.79 Å². The molecule has 1 N–H and O–H groups in total. The van der Waals surface area contributed by atoms with E-state index in [0.29, 0.717) is 0 Å². The highest BCUT2D eigenvalue weighted by molar-refractivity contribution is 5.87. The molecule has 168 valence electrons. The lowest BCUT2D eigenvalue weighted by Gasteiger charge is -2.16. The minimum atomic E-state index is -0.0780. The van der Waals surface area contributed by atoms with E-state index in [0.717, 1.165) is 64.3 Å². The fourth-order valence-corrected chi connectivity index (χ4v) is 4.94. The molecule has 5 rings (SSSR count). The first-order chi connectivity index (χ1) is 16.1. The van der Waals surface area contributed by atoms with Crippen molar-refractivity contribution in [2.45, 2.75) is 45.4 Å². The second kappa shape index (κ2) is 8.74. The van der Waals surface area contributed by atoms with Gasteiger partial charge >= 0.3 is 0 Å². The Morgan fingerprint density at radius 1 is 1.06 bits per heavy atom. The second-order valence-electron chi connectivity index (χ2n) is 8.79. The second-order valence-corrected chi connectivity index (χ2v) is 8.79. The fourth-order valence-electron chi connectivity index (χ4n) is 4.94. The molecule has 1 aliphatic carbocycles. The average molecular weight is 440 g/mol. The molecule has 5 heteroatoms. The SMILES string of the molecule is COc1ccc([C@@H](C)c2c(C)[nH]c3c(C4=CCCCC4)c(-c4ccccc4)nn3c2=O)cc1. The van der Waals surface area contributed by atoms with E-state index in [1.165, 1.54) is 12.0 Å². The van der Waals surface area contributed by atoms with Crippen LogP contribution in [0.5, 0.6) is 5.75 Å². The average Bonchev–Trinajstić information content (AvgIpc) is 3.24. The van der Waals surface area contributed by atoms with Crippen molar-refractivity contribution in [1.82, 2.24) is 14.6 Å². The number of nitrogens with zero attached hydrogens (tertiary/aromatic N) is 2. The zero-order chi connectivity index (χ0) is 22.9. The van der Waals surface area contributed by atoms with E-state index in [1.54, 1.807) is 11.6 Å². The Morgan fingerprint density at radius 2 is 1.82 bits per heavy atom. The fraction of sp³-hybridized carbons (Fsp3) is 0.286. The highest BCUT2D eigenvalue weighted by atomic mass is 16.5. The van der Waals surface area contributed by atoms with Crippen LogP contribution in [0.3, 0.4) is 0 Å². The lowest BCUT2D eigenvalue weighted by molar-refractivity contribution is 0.414. The number of rotatable bonds is 5. The first kappa shape index (κ1) is 21.3. The molecule has 5 nitrogen and oxygen atoms in total. The number of aryl methyl sites for hydroxylation is 1. The number of aromatic amines is 1. The molecule has 0 fully saturated rings. The molecule has 0 amide bonds. The number of methoxy groups -OCH3 is 1. The van der Waals surface area contributed by atoms with Gasteiger partial charge in [0.05, 0.1) is 7.11 Å². The molecule has 0 radical (unpaired) electrons. The molecular weight excluding hydrogens is 410 g/mol. The minimum absolute atomic E-state index is 0.0654. The molecule has 0 unspecified atom stereocenters. The predicted octanol–water partition coefficient (Wildman–Crippen LogP) is 6.12. The molecule has 0 aliphatic heterocycles. The van der Waals surface area contributed by atoms with E-state index < -0.39 is 0 Å². The summed E-state index contributed by atoms with van der Waals surface area (Å²) in [7, 11) is 1.66. The Bertz CT molecular complexity index is 1380. The van der Waals surface area contributed by atoms with Gasteiger partial charge in [0.25, 0.3) is 5.56 Å². The molecule has 2 heterocycles. The maximum Gasteiger partial charge on any atom is 0.278 e. The number of ether oxygens (including phenoxy) is 1. The first-order valence-corrected chi connectivity index (χ1v) is 11.6. The Hall–Kier alpha value is -3.60.